The summed E-state index contributed by atoms with van der Waals surface area (Å²) in [5.41, 5.74) is 0.916. The van der Waals surface area contributed by atoms with Crippen molar-refractivity contribution < 1.29 is 4.79 Å². The fourth-order valence-corrected chi connectivity index (χ4v) is 2.32. The molecule has 2 heterocycles. The van der Waals surface area contributed by atoms with E-state index in [4.69, 9.17) is 0 Å². The van der Waals surface area contributed by atoms with Crippen molar-refractivity contribution in [1.29, 1.82) is 0 Å². The predicted octanol–water partition coefficient (Wildman–Crippen LogP) is 1.54. The van der Waals surface area contributed by atoms with Crippen molar-refractivity contribution in [3.63, 3.8) is 0 Å². The first-order valence-corrected chi connectivity index (χ1v) is 5.75. The van der Waals surface area contributed by atoms with Crippen molar-refractivity contribution in [2.24, 2.45) is 11.8 Å². The third kappa shape index (κ3) is 1.96. The predicted molar refractivity (Wildman–Crippen MR) is 58.5 cm³/mol. The summed E-state index contributed by atoms with van der Waals surface area (Å²) in [6.45, 7) is 3.86. The molecule has 4 heteroatoms. The molecule has 1 aliphatic rings. The lowest BCUT2D eigenvalue weighted by molar-refractivity contribution is -0.120. The summed E-state index contributed by atoms with van der Waals surface area (Å²) in [5, 5.41) is 10.1. The zero-order chi connectivity index (χ0) is 9.97. The van der Waals surface area contributed by atoms with E-state index in [2.05, 4.69) is 17.6 Å². The average Bonchev–Trinajstić information content (AvgIpc) is 2.75. The summed E-state index contributed by atoms with van der Waals surface area (Å²) in [6, 6.07) is 1.93. The molecule has 1 aromatic rings. The van der Waals surface area contributed by atoms with Crippen LogP contribution in [0.4, 0.5) is 5.69 Å². The highest BCUT2D eigenvalue weighted by Gasteiger charge is 2.29. The maximum Gasteiger partial charge on any atom is 0.229 e. The quantitative estimate of drug-likeness (QED) is 0.777. The van der Waals surface area contributed by atoms with Crippen LogP contribution in [0.25, 0.3) is 0 Å². The van der Waals surface area contributed by atoms with E-state index in [0.29, 0.717) is 5.92 Å². The molecule has 1 amide bonds. The van der Waals surface area contributed by atoms with Crippen LogP contribution in [0.1, 0.15) is 6.92 Å². The Morgan fingerprint density at radius 1 is 1.64 bits per heavy atom. The van der Waals surface area contributed by atoms with E-state index >= 15 is 0 Å². The summed E-state index contributed by atoms with van der Waals surface area (Å²) in [7, 11) is 0. The molecule has 0 unspecified atom stereocenters. The summed E-state index contributed by atoms with van der Waals surface area (Å²) >= 11 is 1.59. The van der Waals surface area contributed by atoms with Crippen LogP contribution in [0.2, 0.25) is 0 Å². The Hall–Kier alpha value is -0.870. The maximum absolute atomic E-state index is 11.8. The number of thiophene rings is 1. The standard InChI is InChI=1S/C10H14N2OS/c1-7-4-11-5-9(7)10(13)12-8-2-3-14-6-8/h2-3,6-7,9,11H,4-5H2,1H3,(H,12,13)/t7-,9-/m1/s1. The van der Waals surface area contributed by atoms with Crippen LogP contribution in [0, 0.1) is 11.8 Å². The minimum Gasteiger partial charge on any atom is -0.325 e. The maximum atomic E-state index is 11.8. The molecule has 1 aliphatic heterocycles. The number of carbonyl (C=O) groups excluding carboxylic acids is 1. The molecule has 0 aromatic carbocycles. The average molecular weight is 210 g/mol. The van der Waals surface area contributed by atoms with Crippen LogP contribution in [0.5, 0.6) is 0 Å². The van der Waals surface area contributed by atoms with Crippen molar-refractivity contribution in [1.82, 2.24) is 5.32 Å². The number of amides is 1. The number of hydrogen-bond donors (Lipinski definition) is 2. The van der Waals surface area contributed by atoms with Gasteiger partial charge >= 0.3 is 0 Å². The first-order valence-electron chi connectivity index (χ1n) is 4.81. The highest BCUT2D eigenvalue weighted by Crippen LogP contribution is 2.19. The Morgan fingerprint density at radius 2 is 2.50 bits per heavy atom. The van der Waals surface area contributed by atoms with Crippen LogP contribution in [0.15, 0.2) is 16.8 Å². The molecule has 0 radical (unpaired) electrons. The lowest BCUT2D eigenvalue weighted by Crippen LogP contribution is -2.27. The van der Waals surface area contributed by atoms with E-state index in [1.807, 2.05) is 16.8 Å². The number of nitrogens with one attached hydrogen (secondary N) is 2. The van der Waals surface area contributed by atoms with Crippen LogP contribution >= 0.6 is 11.3 Å². The molecule has 1 aromatic heterocycles. The molecule has 14 heavy (non-hydrogen) atoms. The van der Waals surface area contributed by atoms with Gasteiger partial charge in [-0.3, -0.25) is 4.79 Å². The molecular weight excluding hydrogens is 196 g/mol. The Bertz CT molecular complexity index is 310. The molecule has 2 N–H and O–H groups in total. The van der Waals surface area contributed by atoms with Gasteiger partial charge < -0.3 is 10.6 Å². The van der Waals surface area contributed by atoms with Gasteiger partial charge in [-0.2, -0.15) is 11.3 Å². The molecule has 2 rings (SSSR count). The molecule has 1 fully saturated rings. The lowest BCUT2D eigenvalue weighted by atomic mass is 9.97. The largest absolute Gasteiger partial charge is 0.325 e. The summed E-state index contributed by atoms with van der Waals surface area (Å²) in [5.74, 6) is 0.699. The molecule has 1 saturated heterocycles. The van der Waals surface area contributed by atoms with E-state index in [1.54, 1.807) is 11.3 Å². The van der Waals surface area contributed by atoms with Crippen molar-refractivity contribution in [2.45, 2.75) is 6.92 Å². The molecule has 0 bridgehead atoms. The first-order chi connectivity index (χ1) is 6.77. The normalized spacial score (nSPS) is 26.4. The molecular formula is C10H14N2OS. The van der Waals surface area contributed by atoms with E-state index < -0.39 is 0 Å². The lowest BCUT2D eigenvalue weighted by Gasteiger charge is -2.12. The zero-order valence-corrected chi connectivity index (χ0v) is 8.93. The third-order valence-electron chi connectivity index (χ3n) is 2.64. The first kappa shape index (κ1) is 9.68. The second-order valence-electron chi connectivity index (χ2n) is 3.74. The van der Waals surface area contributed by atoms with Gasteiger partial charge in [0.25, 0.3) is 0 Å². The third-order valence-corrected chi connectivity index (χ3v) is 3.33. The second-order valence-corrected chi connectivity index (χ2v) is 4.52. The number of rotatable bonds is 2. The Balaban J connectivity index is 1.95. The molecule has 0 spiro atoms. The van der Waals surface area contributed by atoms with Crippen LogP contribution in [-0.2, 0) is 4.79 Å². The van der Waals surface area contributed by atoms with Gasteiger partial charge in [-0.05, 0) is 23.9 Å². The van der Waals surface area contributed by atoms with Crippen molar-refractivity contribution >= 4 is 22.9 Å². The molecule has 3 nitrogen and oxygen atoms in total. The summed E-state index contributed by atoms with van der Waals surface area (Å²) < 4.78 is 0. The highest BCUT2D eigenvalue weighted by molar-refractivity contribution is 7.08. The van der Waals surface area contributed by atoms with E-state index in [-0.39, 0.29) is 11.8 Å². The van der Waals surface area contributed by atoms with Crippen LogP contribution in [-0.4, -0.2) is 19.0 Å². The number of carbonyl (C=O) groups is 1. The number of hydrogen-bond acceptors (Lipinski definition) is 3. The minimum atomic E-state index is 0.120. The van der Waals surface area contributed by atoms with Gasteiger partial charge in [-0.1, -0.05) is 6.92 Å². The van der Waals surface area contributed by atoms with E-state index in [0.717, 1.165) is 18.8 Å². The van der Waals surface area contributed by atoms with Gasteiger partial charge in [0.1, 0.15) is 0 Å². The number of anilines is 1. The highest BCUT2D eigenvalue weighted by atomic mass is 32.1. The fourth-order valence-electron chi connectivity index (χ4n) is 1.73. The van der Waals surface area contributed by atoms with Crippen LogP contribution in [0.3, 0.4) is 0 Å². The minimum absolute atomic E-state index is 0.120. The van der Waals surface area contributed by atoms with Gasteiger partial charge in [-0.15, -0.1) is 0 Å². The summed E-state index contributed by atoms with van der Waals surface area (Å²) in [4.78, 5) is 11.8. The zero-order valence-electron chi connectivity index (χ0n) is 8.12. The SMILES string of the molecule is C[C@@H]1CNC[C@H]1C(=O)Nc1ccsc1. The Morgan fingerprint density at radius 3 is 3.07 bits per heavy atom. The van der Waals surface area contributed by atoms with E-state index in [9.17, 15) is 4.79 Å². The Kier molecular flexibility index (Phi) is 2.84. The smallest absolute Gasteiger partial charge is 0.229 e. The monoisotopic (exact) mass is 210 g/mol. The van der Waals surface area contributed by atoms with Gasteiger partial charge in [0.2, 0.25) is 5.91 Å². The second kappa shape index (κ2) is 4.11. The summed E-state index contributed by atoms with van der Waals surface area (Å²) in [6.07, 6.45) is 0. The molecule has 0 aliphatic carbocycles. The van der Waals surface area contributed by atoms with Crippen molar-refractivity contribution in [3.05, 3.63) is 16.8 Å². The van der Waals surface area contributed by atoms with E-state index in [1.165, 1.54) is 0 Å². The Labute approximate surface area is 87.5 Å². The molecule has 76 valence electrons. The van der Waals surface area contributed by atoms with Gasteiger partial charge in [-0.25, -0.2) is 0 Å². The fraction of sp³-hybridized carbons (Fsp3) is 0.500. The van der Waals surface area contributed by atoms with Gasteiger partial charge in [0.15, 0.2) is 0 Å². The topological polar surface area (TPSA) is 41.1 Å². The molecule has 2 atom stereocenters. The van der Waals surface area contributed by atoms with Crippen molar-refractivity contribution in [2.75, 3.05) is 18.4 Å². The van der Waals surface area contributed by atoms with Crippen LogP contribution < -0.4 is 10.6 Å². The van der Waals surface area contributed by atoms with Crippen molar-refractivity contribution in [3.8, 4) is 0 Å². The van der Waals surface area contributed by atoms with Gasteiger partial charge in [0.05, 0.1) is 11.6 Å². The van der Waals surface area contributed by atoms with Gasteiger partial charge in [0, 0.05) is 11.9 Å². The molecule has 0 saturated carbocycles.